The minimum absolute atomic E-state index is 0.202. The predicted octanol–water partition coefficient (Wildman–Crippen LogP) is 6.24. The van der Waals surface area contributed by atoms with E-state index in [2.05, 4.69) is 15.6 Å². The van der Waals surface area contributed by atoms with Crippen LogP contribution in [0.2, 0.25) is 10.0 Å². The Kier molecular flexibility index (Phi) is 5.46. The van der Waals surface area contributed by atoms with Gasteiger partial charge in [-0.15, -0.1) is 16.4 Å². The molecule has 9 heteroatoms. The molecule has 1 atom stereocenters. The van der Waals surface area contributed by atoms with E-state index in [1.165, 1.54) is 0 Å². The average molecular weight is 482 g/mol. The number of halogens is 2. The van der Waals surface area contributed by atoms with Gasteiger partial charge < -0.3 is 10.6 Å². The van der Waals surface area contributed by atoms with E-state index >= 15 is 0 Å². The maximum absolute atomic E-state index is 13.4. The molecule has 1 aliphatic rings. The van der Waals surface area contributed by atoms with Gasteiger partial charge in [-0.3, -0.25) is 4.79 Å². The predicted molar refractivity (Wildman–Crippen MR) is 129 cm³/mol. The topological polar surface area (TPSA) is 71.8 Å². The zero-order chi connectivity index (χ0) is 22.2. The number of allylic oxidation sites excluding steroid dienone is 1. The third-order valence-electron chi connectivity index (χ3n) is 5.11. The maximum Gasteiger partial charge on any atom is 0.255 e. The second kappa shape index (κ2) is 8.43. The van der Waals surface area contributed by atoms with Gasteiger partial charge in [0.1, 0.15) is 6.04 Å². The monoisotopic (exact) mass is 481 g/mol. The lowest BCUT2D eigenvalue weighted by Gasteiger charge is -2.27. The molecule has 0 bridgehead atoms. The van der Waals surface area contributed by atoms with Crippen LogP contribution in [-0.2, 0) is 4.79 Å². The van der Waals surface area contributed by atoms with E-state index in [1.54, 1.807) is 34.2 Å². The first kappa shape index (κ1) is 20.8. The van der Waals surface area contributed by atoms with Crippen molar-refractivity contribution in [3.05, 3.63) is 92.2 Å². The third-order valence-corrected chi connectivity index (χ3v) is 6.59. The van der Waals surface area contributed by atoms with Crippen LogP contribution < -0.4 is 10.6 Å². The molecule has 0 saturated heterocycles. The van der Waals surface area contributed by atoms with Gasteiger partial charge in [-0.05, 0) is 48.7 Å². The standard InChI is InChI=1S/C23H17Cl2N5OS/c1-13-19(22(31)27-15-6-3-2-4-7-15)20(18-8-5-11-32-18)30-23(26-13)28-21(29-30)16-10-9-14(24)12-17(16)25/h2-12,20H,1H3,(H,27,31)(H,26,28,29). The fourth-order valence-electron chi connectivity index (χ4n) is 3.66. The fourth-order valence-corrected chi connectivity index (χ4v) is 4.97. The number of carbonyl (C=O) groups is 1. The van der Waals surface area contributed by atoms with E-state index in [0.717, 1.165) is 10.6 Å². The molecule has 0 saturated carbocycles. The highest BCUT2D eigenvalue weighted by molar-refractivity contribution is 7.10. The summed E-state index contributed by atoms with van der Waals surface area (Å²) >= 11 is 14.0. The number of anilines is 2. The Bertz CT molecular complexity index is 1330. The van der Waals surface area contributed by atoms with Crippen molar-refractivity contribution in [2.45, 2.75) is 13.0 Å². The Balaban J connectivity index is 1.59. The summed E-state index contributed by atoms with van der Waals surface area (Å²) in [4.78, 5) is 19.0. The molecule has 0 aliphatic carbocycles. The molecule has 2 aromatic heterocycles. The Morgan fingerprint density at radius 3 is 2.66 bits per heavy atom. The molecule has 1 amide bonds. The second-order valence-corrected chi connectivity index (χ2v) is 9.05. The Morgan fingerprint density at radius 2 is 1.94 bits per heavy atom. The number of thiophene rings is 1. The van der Waals surface area contributed by atoms with E-state index in [4.69, 9.17) is 28.3 Å². The molecular weight excluding hydrogens is 465 g/mol. The summed E-state index contributed by atoms with van der Waals surface area (Å²) in [6, 6.07) is 18.1. The molecule has 32 heavy (non-hydrogen) atoms. The third kappa shape index (κ3) is 3.79. The molecule has 1 unspecified atom stereocenters. The number of nitrogens with one attached hydrogen (secondary N) is 2. The summed E-state index contributed by atoms with van der Waals surface area (Å²) in [6.45, 7) is 1.87. The molecule has 5 rings (SSSR count). The number of rotatable bonds is 4. The number of nitrogens with zero attached hydrogens (tertiary/aromatic N) is 3. The van der Waals surface area contributed by atoms with Crippen LogP contribution in [0.4, 0.5) is 11.6 Å². The van der Waals surface area contributed by atoms with Crippen molar-refractivity contribution in [3.63, 3.8) is 0 Å². The van der Waals surface area contributed by atoms with Gasteiger partial charge in [0.25, 0.3) is 5.91 Å². The van der Waals surface area contributed by atoms with Crippen LogP contribution in [-0.4, -0.2) is 20.7 Å². The summed E-state index contributed by atoms with van der Waals surface area (Å²) < 4.78 is 1.74. The molecular formula is C23H17Cl2N5OS. The maximum atomic E-state index is 13.4. The minimum atomic E-state index is -0.428. The molecule has 160 valence electrons. The molecule has 0 radical (unpaired) electrons. The van der Waals surface area contributed by atoms with Crippen molar-refractivity contribution in [1.82, 2.24) is 14.8 Å². The lowest BCUT2D eigenvalue weighted by Crippen LogP contribution is -2.31. The molecule has 2 aromatic carbocycles. The molecule has 4 aromatic rings. The highest BCUT2D eigenvalue weighted by atomic mass is 35.5. The number of benzene rings is 2. The highest BCUT2D eigenvalue weighted by Gasteiger charge is 2.35. The van der Waals surface area contributed by atoms with Crippen LogP contribution in [0.5, 0.6) is 0 Å². The van der Waals surface area contributed by atoms with E-state index in [1.807, 2.05) is 54.8 Å². The van der Waals surface area contributed by atoms with Crippen LogP contribution in [0.1, 0.15) is 17.8 Å². The second-order valence-electron chi connectivity index (χ2n) is 7.23. The van der Waals surface area contributed by atoms with Crippen LogP contribution in [0.15, 0.2) is 77.3 Å². The van der Waals surface area contributed by atoms with E-state index in [0.29, 0.717) is 38.7 Å². The van der Waals surface area contributed by atoms with Gasteiger partial charge in [0.2, 0.25) is 5.95 Å². The Hall–Kier alpha value is -3.13. The van der Waals surface area contributed by atoms with Gasteiger partial charge in [0, 0.05) is 26.8 Å². The summed E-state index contributed by atoms with van der Waals surface area (Å²) in [6.07, 6.45) is 0. The normalized spacial score (nSPS) is 15.3. The number of hydrogen-bond acceptors (Lipinski definition) is 5. The van der Waals surface area contributed by atoms with Crippen LogP contribution in [0.25, 0.3) is 11.4 Å². The first-order valence-corrected chi connectivity index (χ1v) is 11.4. The first-order valence-electron chi connectivity index (χ1n) is 9.81. The van der Waals surface area contributed by atoms with Gasteiger partial charge in [0.05, 0.1) is 10.6 Å². The van der Waals surface area contributed by atoms with Gasteiger partial charge in [-0.1, -0.05) is 47.5 Å². The van der Waals surface area contributed by atoms with Crippen LogP contribution >= 0.6 is 34.5 Å². The van der Waals surface area contributed by atoms with Crippen molar-refractivity contribution >= 4 is 52.1 Å². The van der Waals surface area contributed by atoms with Crippen LogP contribution in [0.3, 0.4) is 0 Å². The zero-order valence-electron chi connectivity index (χ0n) is 16.8. The Morgan fingerprint density at radius 1 is 1.12 bits per heavy atom. The van der Waals surface area contributed by atoms with Gasteiger partial charge >= 0.3 is 0 Å². The van der Waals surface area contributed by atoms with Gasteiger partial charge in [-0.25, -0.2) is 4.68 Å². The van der Waals surface area contributed by atoms with Gasteiger partial charge in [-0.2, -0.15) is 4.98 Å². The lowest BCUT2D eigenvalue weighted by molar-refractivity contribution is -0.113. The SMILES string of the molecule is CC1=C(C(=O)Nc2ccccc2)C(c2cccs2)n2nc(-c3ccc(Cl)cc3Cl)nc2N1. The molecule has 0 spiro atoms. The fraction of sp³-hybridized carbons (Fsp3) is 0.0870. The van der Waals surface area contributed by atoms with Crippen molar-refractivity contribution in [2.75, 3.05) is 10.6 Å². The van der Waals surface area contributed by atoms with Crippen molar-refractivity contribution < 1.29 is 4.79 Å². The first-order chi connectivity index (χ1) is 15.5. The van der Waals surface area contributed by atoms with E-state index < -0.39 is 6.04 Å². The van der Waals surface area contributed by atoms with Crippen molar-refractivity contribution in [3.8, 4) is 11.4 Å². The quantitative estimate of drug-likeness (QED) is 0.361. The largest absolute Gasteiger partial charge is 0.328 e. The number of carbonyl (C=O) groups excluding carboxylic acids is 1. The summed E-state index contributed by atoms with van der Waals surface area (Å²) in [5.74, 6) is 0.790. The molecule has 1 aliphatic heterocycles. The zero-order valence-corrected chi connectivity index (χ0v) is 19.2. The minimum Gasteiger partial charge on any atom is -0.328 e. The van der Waals surface area contributed by atoms with Crippen LogP contribution in [0, 0.1) is 0 Å². The summed E-state index contributed by atoms with van der Waals surface area (Å²) in [7, 11) is 0. The number of hydrogen-bond donors (Lipinski definition) is 2. The van der Waals surface area contributed by atoms with Crippen molar-refractivity contribution in [2.24, 2.45) is 0 Å². The smallest absolute Gasteiger partial charge is 0.255 e. The van der Waals surface area contributed by atoms with E-state index in [-0.39, 0.29) is 5.91 Å². The number of para-hydroxylation sites is 1. The highest BCUT2D eigenvalue weighted by Crippen LogP contribution is 2.39. The molecule has 0 fully saturated rings. The number of aromatic nitrogens is 3. The molecule has 3 heterocycles. The lowest BCUT2D eigenvalue weighted by atomic mass is 10.0. The summed E-state index contributed by atoms with van der Waals surface area (Å²) in [5.41, 5.74) is 2.67. The molecule has 6 nitrogen and oxygen atoms in total. The number of fused-ring (bicyclic) bond motifs is 1. The number of amides is 1. The molecule has 2 N–H and O–H groups in total. The Labute approximate surface area is 198 Å². The van der Waals surface area contributed by atoms with Crippen molar-refractivity contribution in [1.29, 1.82) is 0 Å². The van der Waals surface area contributed by atoms with Gasteiger partial charge in [0.15, 0.2) is 5.82 Å². The van der Waals surface area contributed by atoms with E-state index in [9.17, 15) is 4.79 Å². The summed E-state index contributed by atoms with van der Waals surface area (Å²) in [5, 5.41) is 13.9. The average Bonchev–Trinajstić information content (AvgIpc) is 3.43.